The van der Waals surface area contributed by atoms with Gasteiger partial charge in [0, 0.05) is 11.3 Å². The lowest BCUT2D eigenvalue weighted by Gasteiger charge is -2.23. The Balaban J connectivity index is 1.74. The number of anilines is 1. The number of carbonyl (C=O) groups is 1. The molecule has 0 heterocycles. The summed E-state index contributed by atoms with van der Waals surface area (Å²) < 4.78 is 10.9. The van der Waals surface area contributed by atoms with Gasteiger partial charge in [-0.3, -0.25) is 4.79 Å². The van der Waals surface area contributed by atoms with Gasteiger partial charge in [-0.1, -0.05) is 54.6 Å². The summed E-state index contributed by atoms with van der Waals surface area (Å²) in [5.41, 5.74) is 3.89. The van der Waals surface area contributed by atoms with E-state index in [4.69, 9.17) is 9.47 Å². The van der Waals surface area contributed by atoms with E-state index in [0.29, 0.717) is 18.0 Å². The topological polar surface area (TPSA) is 52.0 Å². The molecule has 0 aliphatic carbocycles. The second-order valence-electron chi connectivity index (χ2n) is 7.30. The van der Waals surface area contributed by atoms with Gasteiger partial charge in [-0.15, -0.1) is 0 Å². The van der Waals surface area contributed by atoms with Crippen LogP contribution in [0.4, 0.5) is 5.69 Å². The smallest absolute Gasteiger partial charge is 0.282 e. The van der Waals surface area contributed by atoms with Gasteiger partial charge in [0.25, 0.3) is 5.91 Å². The normalized spacial score (nSPS) is 12.7. The van der Waals surface area contributed by atoms with E-state index in [2.05, 4.69) is 5.32 Å². The van der Waals surface area contributed by atoms with Gasteiger partial charge >= 0.3 is 0 Å². The predicted molar refractivity (Wildman–Crippen MR) is 120 cm³/mol. The maximum absolute atomic E-state index is 13.0. The first-order chi connectivity index (χ1) is 14.5. The van der Waals surface area contributed by atoms with Gasteiger partial charge in [0.05, 0.1) is 26.8 Å². The molecule has 1 unspecified atom stereocenters. The Kier molecular flexibility index (Phi) is 7.09. The molecule has 0 aromatic heterocycles. The summed E-state index contributed by atoms with van der Waals surface area (Å²) in [7, 11) is 5.26. The van der Waals surface area contributed by atoms with Gasteiger partial charge in [-0.05, 0) is 30.7 Å². The SMILES string of the molecule is COc1cccc(C[NH+](C)[C@H](C)C(=O)Nc2ccccc2-c2ccccc2)c1OC. The number of para-hydroxylation sites is 2. The number of ether oxygens (including phenoxy) is 2. The van der Waals surface area contributed by atoms with E-state index in [-0.39, 0.29) is 11.9 Å². The fraction of sp³-hybridized carbons (Fsp3) is 0.240. The Morgan fingerprint density at radius 1 is 0.933 bits per heavy atom. The van der Waals surface area contributed by atoms with Crippen LogP contribution in [-0.2, 0) is 11.3 Å². The Labute approximate surface area is 178 Å². The Morgan fingerprint density at radius 3 is 2.33 bits per heavy atom. The van der Waals surface area contributed by atoms with Gasteiger partial charge in [-0.25, -0.2) is 0 Å². The van der Waals surface area contributed by atoms with E-state index in [1.165, 1.54) is 0 Å². The second-order valence-corrected chi connectivity index (χ2v) is 7.30. The molecule has 0 aliphatic rings. The van der Waals surface area contributed by atoms with Crippen LogP contribution in [0.5, 0.6) is 11.5 Å². The first kappa shape index (κ1) is 21.4. The molecule has 30 heavy (non-hydrogen) atoms. The number of hydrogen-bond acceptors (Lipinski definition) is 3. The summed E-state index contributed by atoms with van der Waals surface area (Å²) in [6, 6.07) is 23.5. The number of benzene rings is 3. The summed E-state index contributed by atoms with van der Waals surface area (Å²) in [6.45, 7) is 2.57. The van der Waals surface area contributed by atoms with Crippen LogP contribution in [0.2, 0.25) is 0 Å². The summed E-state index contributed by atoms with van der Waals surface area (Å²) in [4.78, 5) is 14.1. The lowest BCUT2D eigenvalue weighted by atomic mass is 10.0. The Bertz CT molecular complexity index is 989. The minimum absolute atomic E-state index is 0.0299. The zero-order chi connectivity index (χ0) is 21.5. The molecular formula is C25H29N2O3+. The molecule has 1 amide bonds. The van der Waals surface area contributed by atoms with Crippen LogP contribution in [0.3, 0.4) is 0 Å². The zero-order valence-electron chi connectivity index (χ0n) is 17.9. The molecule has 5 nitrogen and oxygen atoms in total. The van der Waals surface area contributed by atoms with Crippen molar-refractivity contribution < 1.29 is 19.2 Å². The van der Waals surface area contributed by atoms with Crippen LogP contribution in [0.1, 0.15) is 12.5 Å². The monoisotopic (exact) mass is 405 g/mol. The molecule has 5 heteroatoms. The fourth-order valence-electron chi connectivity index (χ4n) is 3.47. The molecule has 3 aromatic rings. The lowest BCUT2D eigenvalue weighted by molar-refractivity contribution is -0.907. The van der Waals surface area contributed by atoms with Crippen LogP contribution in [0.15, 0.2) is 72.8 Å². The number of amides is 1. The Morgan fingerprint density at radius 2 is 1.63 bits per heavy atom. The van der Waals surface area contributed by atoms with E-state index >= 15 is 0 Å². The summed E-state index contributed by atoms with van der Waals surface area (Å²) in [5, 5.41) is 3.11. The number of carbonyl (C=O) groups excluding carboxylic acids is 1. The summed E-state index contributed by atoms with van der Waals surface area (Å²) in [6.07, 6.45) is 0. The molecule has 156 valence electrons. The first-order valence-electron chi connectivity index (χ1n) is 10.0. The third-order valence-electron chi connectivity index (χ3n) is 5.36. The largest absolute Gasteiger partial charge is 0.493 e. The number of likely N-dealkylation sites (N-methyl/N-ethyl adjacent to an activating group) is 1. The second kappa shape index (κ2) is 9.94. The third kappa shape index (κ3) is 4.81. The molecule has 0 radical (unpaired) electrons. The number of methoxy groups -OCH3 is 2. The highest BCUT2D eigenvalue weighted by Gasteiger charge is 2.24. The average molecular weight is 406 g/mol. The van der Waals surface area contributed by atoms with E-state index in [1.807, 2.05) is 86.8 Å². The van der Waals surface area contributed by atoms with Gasteiger partial charge in [-0.2, -0.15) is 0 Å². The molecular weight excluding hydrogens is 376 g/mol. The van der Waals surface area contributed by atoms with Crippen LogP contribution < -0.4 is 19.7 Å². The van der Waals surface area contributed by atoms with Crippen molar-refractivity contribution in [1.29, 1.82) is 0 Å². The van der Waals surface area contributed by atoms with Crippen molar-refractivity contribution in [3.63, 3.8) is 0 Å². The first-order valence-corrected chi connectivity index (χ1v) is 10.0. The highest BCUT2D eigenvalue weighted by molar-refractivity contribution is 5.97. The van der Waals surface area contributed by atoms with Gasteiger partial charge in [0.2, 0.25) is 0 Å². The van der Waals surface area contributed by atoms with E-state index in [1.54, 1.807) is 14.2 Å². The quantitative estimate of drug-likeness (QED) is 0.604. The van der Waals surface area contributed by atoms with Crippen LogP contribution in [-0.4, -0.2) is 33.2 Å². The molecule has 0 aliphatic heterocycles. The van der Waals surface area contributed by atoms with Crippen molar-refractivity contribution in [3.05, 3.63) is 78.4 Å². The van der Waals surface area contributed by atoms with E-state index < -0.39 is 0 Å². The molecule has 3 rings (SSSR count). The summed E-state index contributed by atoms with van der Waals surface area (Å²) in [5.74, 6) is 1.37. The maximum atomic E-state index is 13.0. The molecule has 3 aromatic carbocycles. The maximum Gasteiger partial charge on any atom is 0.282 e. The molecule has 0 bridgehead atoms. The van der Waals surface area contributed by atoms with Crippen molar-refractivity contribution in [2.75, 3.05) is 26.6 Å². The highest BCUT2D eigenvalue weighted by atomic mass is 16.5. The van der Waals surface area contributed by atoms with Crippen LogP contribution in [0, 0.1) is 0 Å². The number of rotatable bonds is 8. The number of nitrogens with one attached hydrogen (secondary N) is 2. The van der Waals surface area contributed by atoms with Gasteiger partial charge < -0.3 is 19.7 Å². The van der Waals surface area contributed by atoms with E-state index in [9.17, 15) is 4.79 Å². The average Bonchev–Trinajstić information content (AvgIpc) is 2.79. The van der Waals surface area contributed by atoms with Crippen LogP contribution in [0.25, 0.3) is 11.1 Å². The van der Waals surface area contributed by atoms with Crippen molar-refractivity contribution in [2.24, 2.45) is 0 Å². The minimum atomic E-state index is -0.260. The standard InChI is InChI=1S/C25H28N2O3/c1-18(27(2)17-20-13-10-16-23(29-3)24(20)30-4)25(28)26-22-15-9-8-14-21(22)19-11-6-5-7-12-19/h5-16,18H,17H2,1-4H3,(H,26,28)/p+1/t18-/m1/s1. The number of quaternary nitrogens is 1. The highest BCUT2D eigenvalue weighted by Crippen LogP contribution is 2.30. The number of hydrogen-bond donors (Lipinski definition) is 2. The molecule has 0 fully saturated rings. The molecule has 0 saturated heterocycles. The molecule has 0 spiro atoms. The van der Waals surface area contributed by atoms with Crippen molar-refractivity contribution in [3.8, 4) is 22.6 Å². The lowest BCUT2D eigenvalue weighted by Crippen LogP contribution is -3.12. The van der Waals surface area contributed by atoms with Crippen molar-refractivity contribution in [2.45, 2.75) is 19.5 Å². The zero-order valence-corrected chi connectivity index (χ0v) is 17.9. The van der Waals surface area contributed by atoms with E-state index in [0.717, 1.165) is 27.3 Å². The van der Waals surface area contributed by atoms with Gasteiger partial charge in [0.15, 0.2) is 17.5 Å². The van der Waals surface area contributed by atoms with Gasteiger partial charge in [0.1, 0.15) is 6.54 Å². The molecule has 2 N–H and O–H groups in total. The predicted octanol–water partition coefficient (Wildman–Crippen LogP) is 3.41. The fourth-order valence-corrected chi connectivity index (χ4v) is 3.47. The summed E-state index contributed by atoms with van der Waals surface area (Å²) >= 11 is 0. The third-order valence-corrected chi connectivity index (χ3v) is 5.36. The molecule has 2 atom stereocenters. The minimum Gasteiger partial charge on any atom is -0.493 e. The Hall–Kier alpha value is -3.31. The van der Waals surface area contributed by atoms with Crippen molar-refractivity contribution in [1.82, 2.24) is 0 Å². The molecule has 0 saturated carbocycles. The van der Waals surface area contributed by atoms with Crippen molar-refractivity contribution >= 4 is 11.6 Å². The van der Waals surface area contributed by atoms with Crippen LogP contribution >= 0.6 is 0 Å².